The maximum Gasteiger partial charge on any atom is 0.335 e. The molecule has 1 atom stereocenters. The van der Waals surface area contributed by atoms with Gasteiger partial charge in [-0.05, 0) is 31.4 Å². The van der Waals surface area contributed by atoms with Crippen molar-refractivity contribution in [2.45, 2.75) is 39.8 Å². The molecule has 6 heteroatoms. The van der Waals surface area contributed by atoms with Crippen molar-refractivity contribution in [2.24, 2.45) is 5.92 Å². The maximum atomic E-state index is 12.0. The zero-order valence-corrected chi connectivity index (χ0v) is 13.0. The molecule has 0 saturated heterocycles. The average molecular weight is 293 g/mol. The van der Waals surface area contributed by atoms with Crippen LogP contribution in [0.15, 0.2) is 18.3 Å². The molecule has 0 spiro atoms. The van der Waals surface area contributed by atoms with Crippen LogP contribution < -0.4 is 5.32 Å². The molecule has 2 amide bonds. The number of amides is 2. The fourth-order valence-electron chi connectivity index (χ4n) is 2.04. The third-order valence-corrected chi connectivity index (χ3v) is 3.28. The summed E-state index contributed by atoms with van der Waals surface area (Å²) < 4.78 is 0. The Hall–Kier alpha value is -2.11. The molecule has 2 N–H and O–H groups in total. The lowest BCUT2D eigenvalue weighted by Gasteiger charge is -2.26. The van der Waals surface area contributed by atoms with E-state index in [1.165, 1.54) is 18.3 Å². The van der Waals surface area contributed by atoms with E-state index in [4.69, 9.17) is 5.11 Å². The zero-order valence-electron chi connectivity index (χ0n) is 13.0. The molecular formula is C15H23N3O3. The SMILES string of the molecule is CC(C)CC(C)N(C)C(=O)NCc1cc(C(=O)O)ccn1. The number of nitrogens with one attached hydrogen (secondary N) is 1. The van der Waals surface area contributed by atoms with Crippen LogP contribution in [-0.2, 0) is 6.54 Å². The first-order valence-electron chi connectivity index (χ1n) is 7.00. The highest BCUT2D eigenvalue weighted by atomic mass is 16.4. The summed E-state index contributed by atoms with van der Waals surface area (Å²) in [6, 6.07) is 2.83. The predicted octanol–water partition coefficient (Wildman–Crippen LogP) is 2.36. The third kappa shape index (κ3) is 5.41. The summed E-state index contributed by atoms with van der Waals surface area (Å²) in [4.78, 5) is 28.6. The van der Waals surface area contributed by atoms with Crippen LogP contribution in [0.2, 0.25) is 0 Å². The third-order valence-electron chi connectivity index (χ3n) is 3.28. The first-order valence-corrected chi connectivity index (χ1v) is 7.00. The Bertz CT molecular complexity index is 503. The minimum Gasteiger partial charge on any atom is -0.478 e. The normalized spacial score (nSPS) is 12.0. The van der Waals surface area contributed by atoms with Crippen LogP contribution in [0.5, 0.6) is 0 Å². The van der Waals surface area contributed by atoms with Crippen LogP contribution in [0.1, 0.15) is 43.2 Å². The van der Waals surface area contributed by atoms with Crippen LogP contribution in [0.4, 0.5) is 4.79 Å². The van der Waals surface area contributed by atoms with Crippen LogP contribution in [0.25, 0.3) is 0 Å². The largest absolute Gasteiger partial charge is 0.478 e. The highest BCUT2D eigenvalue weighted by molar-refractivity contribution is 5.87. The van der Waals surface area contributed by atoms with Gasteiger partial charge in [-0.2, -0.15) is 0 Å². The Balaban J connectivity index is 2.56. The fourth-order valence-corrected chi connectivity index (χ4v) is 2.04. The molecule has 0 fully saturated rings. The van der Waals surface area contributed by atoms with Gasteiger partial charge in [0.1, 0.15) is 0 Å². The van der Waals surface area contributed by atoms with Crippen molar-refractivity contribution in [3.8, 4) is 0 Å². The van der Waals surface area contributed by atoms with Crippen molar-refractivity contribution in [3.05, 3.63) is 29.6 Å². The van der Waals surface area contributed by atoms with E-state index in [-0.39, 0.29) is 24.2 Å². The van der Waals surface area contributed by atoms with E-state index in [9.17, 15) is 9.59 Å². The number of aromatic nitrogens is 1. The topological polar surface area (TPSA) is 82.5 Å². The fraction of sp³-hybridized carbons (Fsp3) is 0.533. The Morgan fingerprint density at radius 1 is 1.38 bits per heavy atom. The molecule has 1 rings (SSSR count). The quantitative estimate of drug-likeness (QED) is 0.843. The molecule has 21 heavy (non-hydrogen) atoms. The van der Waals surface area contributed by atoms with Crippen molar-refractivity contribution in [1.29, 1.82) is 0 Å². The number of carbonyl (C=O) groups is 2. The number of nitrogens with zero attached hydrogens (tertiary/aromatic N) is 2. The van der Waals surface area contributed by atoms with E-state index in [2.05, 4.69) is 24.1 Å². The van der Waals surface area contributed by atoms with Crippen LogP contribution >= 0.6 is 0 Å². The molecule has 1 unspecified atom stereocenters. The second-order valence-corrected chi connectivity index (χ2v) is 5.59. The maximum absolute atomic E-state index is 12.0. The molecule has 1 heterocycles. The van der Waals surface area contributed by atoms with E-state index in [1.54, 1.807) is 11.9 Å². The van der Waals surface area contributed by atoms with Gasteiger partial charge in [0.15, 0.2) is 0 Å². The van der Waals surface area contributed by atoms with Gasteiger partial charge in [-0.25, -0.2) is 9.59 Å². The smallest absolute Gasteiger partial charge is 0.335 e. The molecule has 1 aromatic heterocycles. The summed E-state index contributed by atoms with van der Waals surface area (Å²) in [5.74, 6) is -0.489. The van der Waals surface area contributed by atoms with Gasteiger partial charge in [0.2, 0.25) is 0 Å². The number of carbonyl (C=O) groups excluding carboxylic acids is 1. The number of pyridine rings is 1. The number of rotatable bonds is 6. The highest BCUT2D eigenvalue weighted by Crippen LogP contribution is 2.09. The Morgan fingerprint density at radius 3 is 2.62 bits per heavy atom. The van der Waals surface area contributed by atoms with Gasteiger partial charge in [-0.15, -0.1) is 0 Å². The van der Waals surface area contributed by atoms with E-state index in [0.717, 1.165) is 6.42 Å². The summed E-state index contributed by atoms with van der Waals surface area (Å²) in [6.45, 7) is 6.44. The summed E-state index contributed by atoms with van der Waals surface area (Å²) in [7, 11) is 1.75. The number of aromatic carboxylic acids is 1. The standard InChI is InChI=1S/C15H23N3O3/c1-10(2)7-11(3)18(4)15(21)17-9-13-8-12(14(19)20)5-6-16-13/h5-6,8,10-11H,7,9H2,1-4H3,(H,17,21)(H,19,20). The van der Waals surface area contributed by atoms with Gasteiger partial charge in [0.25, 0.3) is 0 Å². The van der Waals surface area contributed by atoms with Crippen molar-refractivity contribution in [2.75, 3.05) is 7.05 Å². The van der Waals surface area contributed by atoms with Crippen LogP contribution in [0.3, 0.4) is 0 Å². The van der Waals surface area contributed by atoms with Gasteiger partial charge in [-0.1, -0.05) is 13.8 Å². The van der Waals surface area contributed by atoms with E-state index in [0.29, 0.717) is 11.6 Å². The lowest BCUT2D eigenvalue weighted by molar-refractivity contribution is 0.0696. The lowest BCUT2D eigenvalue weighted by atomic mass is 10.0. The van der Waals surface area contributed by atoms with E-state index in [1.807, 2.05) is 6.92 Å². The average Bonchev–Trinajstić information content (AvgIpc) is 2.43. The number of urea groups is 1. The van der Waals surface area contributed by atoms with Gasteiger partial charge in [0, 0.05) is 19.3 Å². The monoisotopic (exact) mass is 293 g/mol. The van der Waals surface area contributed by atoms with E-state index < -0.39 is 5.97 Å². The van der Waals surface area contributed by atoms with Gasteiger partial charge in [0.05, 0.1) is 17.8 Å². The van der Waals surface area contributed by atoms with Crippen molar-refractivity contribution in [3.63, 3.8) is 0 Å². The summed E-state index contributed by atoms with van der Waals surface area (Å²) >= 11 is 0. The minimum atomic E-state index is -1.01. The van der Waals surface area contributed by atoms with Gasteiger partial charge in [-0.3, -0.25) is 4.98 Å². The Labute approximate surface area is 125 Å². The number of hydrogen-bond acceptors (Lipinski definition) is 3. The van der Waals surface area contributed by atoms with Crippen molar-refractivity contribution >= 4 is 12.0 Å². The Kier molecular flexibility index (Phi) is 6.14. The zero-order chi connectivity index (χ0) is 16.0. The van der Waals surface area contributed by atoms with Gasteiger partial charge < -0.3 is 15.3 Å². The molecule has 0 radical (unpaired) electrons. The Morgan fingerprint density at radius 2 is 2.05 bits per heavy atom. The molecule has 1 aromatic rings. The van der Waals surface area contributed by atoms with E-state index >= 15 is 0 Å². The second kappa shape index (κ2) is 7.61. The molecule has 116 valence electrons. The summed E-state index contributed by atoms with van der Waals surface area (Å²) in [6.07, 6.45) is 2.35. The van der Waals surface area contributed by atoms with Crippen molar-refractivity contribution < 1.29 is 14.7 Å². The van der Waals surface area contributed by atoms with Gasteiger partial charge >= 0.3 is 12.0 Å². The van der Waals surface area contributed by atoms with Crippen molar-refractivity contribution in [1.82, 2.24) is 15.2 Å². The highest BCUT2D eigenvalue weighted by Gasteiger charge is 2.16. The van der Waals surface area contributed by atoms with Crippen LogP contribution in [0, 0.1) is 5.92 Å². The molecule has 0 aliphatic carbocycles. The molecular weight excluding hydrogens is 270 g/mol. The molecule has 0 aromatic carbocycles. The molecule has 0 aliphatic heterocycles. The first kappa shape index (κ1) is 16.9. The van der Waals surface area contributed by atoms with Crippen LogP contribution in [-0.4, -0.2) is 40.1 Å². The molecule has 0 aliphatic rings. The number of carboxylic acid groups (broad SMARTS) is 1. The molecule has 0 bridgehead atoms. The predicted molar refractivity (Wildman–Crippen MR) is 80.1 cm³/mol. The molecule has 6 nitrogen and oxygen atoms in total. The number of hydrogen-bond donors (Lipinski definition) is 2. The molecule has 0 saturated carbocycles. The second-order valence-electron chi connectivity index (χ2n) is 5.59. The minimum absolute atomic E-state index is 0.142. The lowest BCUT2D eigenvalue weighted by Crippen LogP contribution is -2.42. The summed E-state index contributed by atoms with van der Waals surface area (Å²) in [5.41, 5.74) is 0.684. The first-order chi connectivity index (χ1) is 9.81. The number of carboxylic acids is 1. The summed E-state index contributed by atoms with van der Waals surface area (Å²) in [5, 5.41) is 11.7.